The molecule has 0 unspecified atom stereocenters. The molecule has 142 valence electrons. The molecule has 2 aliphatic heterocycles. The molecule has 2 atom stereocenters. The molecule has 1 N–H and O–H groups in total. The molecule has 1 aromatic carbocycles. The summed E-state index contributed by atoms with van der Waals surface area (Å²) in [6.07, 6.45) is 4.33. The van der Waals surface area contributed by atoms with Gasteiger partial charge in [0.1, 0.15) is 0 Å². The molecule has 4 rings (SSSR count). The van der Waals surface area contributed by atoms with E-state index in [-0.39, 0.29) is 17.9 Å². The van der Waals surface area contributed by atoms with Crippen molar-refractivity contribution in [3.8, 4) is 0 Å². The molecule has 0 bridgehead atoms. The first-order valence-corrected chi connectivity index (χ1v) is 9.77. The van der Waals surface area contributed by atoms with E-state index in [2.05, 4.69) is 63.2 Å². The molecule has 1 aromatic heterocycles. The van der Waals surface area contributed by atoms with Gasteiger partial charge < -0.3 is 15.1 Å². The highest BCUT2D eigenvalue weighted by Gasteiger charge is 2.41. The molecule has 6 heteroatoms. The maximum absolute atomic E-state index is 13.0. The number of anilines is 2. The van der Waals surface area contributed by atoms with E-state index in [1.54, 1.807) is 12.4 Å². The van der Waals surface area contributed by atoms with Crippen molar-refractivity contribution in [2.75, 3.05) is 36.0 Å². The van der Waals surface area contributed by atoms with Crippen LogP contribution in [0, 0.1) is 11.8 Å². The molecule has 3 heterocycles. The van der Waals surface area contributed by atoms with Crippen LogP contribution >= 0.6 is 0 Å². The zero-order chi connectivity index (χ0) is 18.8. The van der Waals surface area contributed by atoms with Crippen LogP contribution in [0.2, 0.25) is 0 Å². The fourth-order valence-corrected chi connectivity index (χ4v) is 4.13. The number of aromatic nitrogens is 2. The van der Waals surface area contributed by atoms with Crippen molar-refractivity contribution in [1.82, 2.24) is 15.3 Å². The summed E-state index contributed by atoms with van der Waals surface area (Å²) in [4.78, 5) is 26.5. The van der Waals surface area contributed by atoms with Crippen LogP contribution in [0.5, 0.6) is 0 Å². The molecule has 6 nitrogen and oxygen atoms in total. The minimum Gasteiger partial charge on any atom is -0.364 e. The van der Waals surface area contributed by atoms with Crippen molar-refractivity contribution in [3.63, 3.8) is 0 Å². The zero-order valence-corrected chi connectivity index (χ0v) is 16.0. The summed E-state index contributed by atoms with van der Waals surface area (Å²) in [5.41, 5.74) is 2.53. The number of fused-ring (bicyclic) bond motifs is 3. The van der Waals surface area contributed by atoms with Crippen molar-refractivity contribution < 1.29 is 4.79 Å². The van der Waals surface area contributed by atoms with E-state index in [1.165, 1.54) is 11.3 Å². The van der Waals surface area contributed by atoms with Gasteiger partial charge in [0.05, 0.1) is 12.0 Å². The SMILES string of the molecule is CC(C)CNC(=O)[C@H]1Cc2ccccc2N2CCN(c3ncccn3)C[C@@H]12. The van der Waals surface area contributed by atoms with Crippen LogP contribution in [0.15, 0.2) is 42.7 Å². The first-order valence-electron chi connectivity index (χ1n) is 9.77. The van der Waals surface area contributed by atoms with Gasteiger partial charge in [-0.2, -0.15) is 0 Å². The highest BCUT2D eigenvalue weighted by molar-refractivity contribution is 5.82. The van der Waals surface area contributed by atoms with Crippen molar-refractivity contribution in [3.05, 3.63) is 48.3 Å². The van der Waals surface area contributed by atoms with Gasteiger partial charge in [-0.3, -0.25) is 4.79 Å². The minimum atomic E-state index is -0.0647. The maximum Gasteiger partial charge on any atom is 0.225 e. The number of rotatable bonds is 4. The number of hydrogen-bond acceptors (Lipinski definition) is 5. The maximum atomic E-state index is 13.0. The highest BCUT2D eigenvalue weighted by atomic mass is 16.1. The fraction of sp³-hybridized carbons (Fsp3) is 0.476. The number of hydrogen-bond donors (Lipinski definition) is 1. The molecule has 27 heavy (non-hydrogen) atoms. The van der Waals surface area contributed by atoms with E-state index in [9.17, 15) is 4.79 Å². The fourth-order valence-electron chi connectivity index (χ4n) is 4.13. The third kappa shape index (κ3) is 3.61. The Balaban J connectivity index is 1.61. The van der Waals surface area contributed by atoms with Gasteiger partial charge in [-0.1, -0.05) is 32.0 Å². The highest BCUT2D eigenvalue weighted by Crippen LogP contribution is 2.36. The number of benzene rings is 1. The average Bonchev–Trinajstić information content (AvgIpc) is 2.71. The van der Waals surface area contributed by atoms with Crippen molar-refractivity contribution in [1.29, 1.82) is 0 Å². The Labute approximate surface area is 160 Å². The normalized spacial score (nSPS) is 21.6. The lowest BCUT2D eigenvalue weighted by Gasteiger charge is -2.49. The largest absolute Gasteiger partial charge is 0.364 e. The van der Waals surface area contributed by atoms with Crippen molar-refractivity contribution >= 4 is 17.5 Å². The second-order valence-corrected chi connectivity index (χ2v) is 7.83. The van der Waals surface area contributed by atoms with Gasteiger partial charge in [-0.15, -0.1) is 0 Å². The number of amides is 1. The van der Waals surface area contributed by atoms with E-state index >= 15 is 0 Å². The predicted octanol–water partition coefficient (Wildman–Crippen LogP) is 2.12. The van der Waals surface area contributed by atoms with E-state index in [0.29, 0.717) is 5.92 Å². The monoisotopic (exact) mass is 365 g/mol. The molecular weight excluding hydrogens is 338 g/mol. The lowest BCUT2D eigenvalue weighted by atomic mass is 9.83. The summed E-state index contributed by atoms with van der Waals surface area (Å²) >= 11 is 0. The van der Waals surface area contributed by atoms with Crippen LogP contribution in [-0.4, -0.2) is 48.1 Å². The average molecular weight is 365 g/mol. The van der Waals surface area contributed by atoms with Crippen molar-refractivity contribution in [2.24, 2.45) is 11.8 Å². The molecule has 2 aliphatic rings. The zero-order valence-electron chi connectivity index (χ0n) is 16.0. The molecule has 1 fully saturated rings. The summed E-state index contributed by atoms with van der Waals surface area (Å²) in [6, 6.07) is 10.4. The van der Waals surface area contributed by atoms with E-state index in [0.717, 1.165) is 38.5 Å². The topological polar surface area (TPSA) is 61.4 Å². The Morgan fingerprint density at radius 3 is 2.74 bits per heavy atom. The minimum absolute atomic E-state index is 0.0647. The lowest BCUT2D eigenvalue weighted by molar-refractivity contribution is -0.126. The first-order chi connectivity index (χ1) is 13.1. The van der Waals surface area contributed by atoms with Gasteiger partial charge in [-0.05, 0) is 30.0 Å². The van der Waals surface area contributed by atoms with E-state index in [4.69, 9.17) is 0 Å². The number of carbonyl (C=O) groups is 1. The van der Waals surface area contributed by atoms with Gasteiger partial charge >= 0.3 is 0 Å². The number of carbonyl (C=O) groups excluding carboxylic acids is 1. The predicted molar refractivity (Wildman–Crippen MR) is 107 cm³/mol. The third-order valence-corrected chi connectivity index (χ3v) is 5.48. The van der Waals surface area contributed by atoms with E-state index < -0.39 is 0 Å². The second kappa shape index (κ2) is 7.55. The Hall–Kier alpha value is -2.63. The quantitative estimate of drug-likeness (QED) is 0.899. The molecule has 0 saturated carbocycles. The number of nitrogens with zero attached hydrogens (tertiary/aromatic N) is 4. The molecule has 1 saturated heterocycles. The second-order valence-electron chi connectivity index (χ2n) is 7.83. The van der Waals surface area contributed by atoms with Crippen LogP contribution in [0.4, 0.5) is 11.6 Å². The van der Waals surface area contributed by atoms with Gasteiger partial charge in [0.2, 0.25) is 11.9 Å². The summed E-state index contributed by atoms with van der Waals surface area (Å²) in [5.74, 6) is 1.29. The van der Waals surface area contributed by atoms with Crippen molar-refractivity contribution in [2.45, 2.75) is 26.3 Å². The van der Waals surface area contributed by atoms with Crippen LogP contribution in [0.1, 0.15) is 19.4 Å². The molecule has 0 aliphatic carbocycles. The standard InChI is InChI=1S/C21H27N5O/c1-15(2)13-24-20(27)17-12-16-6-3-4-7-18(16)26-11-10-25(14-19(17)26)21-22-8-5-9-23-21/h3-9,15,17,19H,10-14H2,1-2H3,(H,24,27)/t17-,19-/m0/s1. The van der Waals surface area contributed by atoms with Gasteiger partial charge in [0, 0.05) is 44.3 Å². The van der Waals surface area contributed by atoms with Crippen LogP contribution in [0.3, 0.4) is 0 Å². The number of piperazine rings is 1. The summed E-state index contributed by atoms with van der Waals surface area (Å²) in [6.45, 7) is 7.45. The van der Waals surface area contributed by atoms with Crippen LogP contribution < -0.4 is 15.1 Å². The number of para-hydroxylation sites is 1. The van der Waals surface area contributed by atoms with Gasteiger partial charge in [0.25, 0.3) is 0 Å². The number of nitrogens with one attached hydrogen (secondary N) is 1. The summed E-state index contributed by atoms with van der Waals surface area (Å²) in [7, 11) is 0. The Morgan fingerprint density at radius 1 is 1.19 bits per heavy atom. The lowest BCUT2D eigenvalue weighted by Crippen LogP contribution is -2.61. The smallest absolute Gasteiger partial charge is 0.225 e. The van der Waals surface area contributed by atoms with E-state index in [1.807, 2.05) is 6.07 Å². The molecule has 0 radical (unpaired) electrons. The first kappa shape index (κ1) is 17.8. The Bertz CT molecular complexity index is 794. The molecule has 1 amide bonds. The summed E-state index contributed by atoms with van der Waals surface area (Å²) < 4.78 is 0. The molecule has 0 spiro atoms. The van der Waals surface area contributed by atoms with Gasteiger partial charge in [-0.25, -0.2) is 9.97 Å². The van der Waals surface area contributed by atoms with Crippen LogP contribution in [-0.2, 0) is 11.2 Å². The third-order valence-electron chi connectivity index (χ3n) is 5.48. The summed E-state index contributed by atoms with van der Waals surface area (Å²) in [5, 5.41) is 3.15. The van der Waals surface area contributed by atoms with Crippen LogP contribution in [0.25, 0.3) is 0 Å². The Morgan fingerprint density at radius 2 is 1.96 bits per heavy atom. The molecular formula is C21H27N5O. The molecule has 2 aromatic rings. The van der Waals surface area contributed by atoms with Gasteiger partial charge in [0.15, 0.2) is 0 Å². The Kier molecular flexibility index (Phi) is 4.97.